The second kappa shape index (κ2) is 16.8. The average molecular weight is 475 g/mol. The van der Waals surface area contributed by atoms with Crippen molar-refractivity contribution in [2.75, 3.05) is 13.7 Å². The minimum Gasteiger partial charge on any atom is -0.508 e. The molecule has 0 bridgehead atoms. The van der Waals surface area contributed by atoms with Crippen molar-refractivity contribution in [1.29, 1.82) is 0 Å². The summed E-state index contributed by atoms with van der Waals surface area (Å²) in [5.74, 6) is 0.241. The molecule has 3 atom stereocenters. The zero-order valence-electron chi connectivity index (χ0n) is 11.8. The number of nitrogens with one attached hydrogen (secondary N) is 1. The van der Waals surface area contributed by atoms with E-state index in [9.17, 15) is 9.90 Å². The van der Waals surface area contributed by atoms with Crippen LogP contribution in [0.25, 0.3) is 0 Å². The van der Waals surface area contributed by atoms with Crippen LogP contribution in [0.3, 0.4) is 0 Å². The fraction of sp³-hybridized carbons (Fsp3) is 0.667. The number of hydrogen-bond acceptors (Lipinski definition) is 3. The first-order valence-corrected chi connectivity index (χ1v) is 5.38. The third-order valence-electron chi connectivity index (χ3n) is 2.40. The summed E-state index contributed by atoms with van der Waals surface area (Å²) in [5.41, 5.74) is 0. The molecule has 7 heteroatoms. The molecule has 1 aliphatic carbocycles. The predicted molar refractivity (Wildman–Crippen MR) is 70.0 cm³/mol. The molecule has 4 nitrogen and oxygen atoms in total. The van der Waals surface area contributed by atoms with Gasteiger partial charge in [0.15, 0.2) is 5.91 Å². The number of rotatable bonds is 3. The van der Waals surface area contributed by atoms with Crippen LogP contribution in [-0.4, -0.2) is 38.7 Å². The molecule has 0 aromatic heterocycles. The summed E-state index contributed by atoms with van der Waals surface area (Å²) < 4.78 is 4.91. The van der Waals surface area contributed by atoms with E-state index in [1.165, 1.54) is 0 Å². The normalized spacial score (nSPS) is 23.7. The molecule has 109 valence electrons. The van der Waals surface area contributed by atoms with Gasteiger partial charge >= 0.3 is 18.6 Å². The Morgan fingerprint density at radius 3 is 2.37 bits per heavy atom. The fourth-order valence-corrected chi connectivity index (χ4v) is 1.48. The molecular weight excluding hydrogens is 452 g/mol. The van der Waals surface area contributed by atoms with E-state index < -0.39 is 0 Å². The maximum Gasteiger partial charge on any atom is 2.00 e. The van der Waals surface area contributed by atoms with Gasteiger partial charge in [-0.15, -0.1) is 0 Å². The Hall–Kier alpha value is 0.728. The van der Waals surface area contributed by atoms with E-state index in [-0.39, 0.29) is 70.8 Å². The maximum atomic E-state index is 10.0. The quantitative estimate of drug-likeness (QED) is 0.472. The van der Waals surface area contributed by atoms with Crippen molar-refractivity contribution in [3.63, 3.8) is 0 Å². The molecule has 2 N–H and O–H groups in total. The van der Waals surface area contributed by atoms with E-state index >= 15 is 0 Å². The molecular formula is C12H23BNO3VW-. The Kier molecular flexibility index (Phi) is 24.7. The second-order valence-corrected chi connectivity index (χ2v) is 3.75. The van der Waals surface area contributed by atoms with Crippen molar-refractivity contribution < 1.29 is 54.3 Å². The Morgan fingerprint density at radius 2 is 2.16 bits per heavy atom. The van der Waals surface area contributed by atoms with Gasteiger partial charge in [-0.3, -0.25) is 11.8 Å². The first-order valence-electron chi connectivity index (χ1n) is 5.38. The van der Waals surface area contributed by atoms with Crippen molar-refractivity contribution in [2.45, 2.75) is 31.7 Å². The molecule has 0 saturated heterocycles. The first kappa shape index (κ1) is 28.0. The summed E-state index contributed by atoms with van der Waals surface area (Å²) in [7, 11) is 10.4. The van der Waals surface area contributed by atoms with E-state index in [1.807, 2.05) is 0 Å². The minimum absolute atomic E-state index is 0. The molecule has 19 heavy (non-hydrogen) atoms. The summed E-state index contributed by atoms with van der Waals surface area (Å²) >= 11 is 0. The van der Waals surface area contributed by atoms with Crippen LogP contribution in [-0.2, 0) is 49.2 Å². The molecule has 3 radical (unpaired) electrons. The Labute approximate surface area is 145 Å². The van der Waals surface area contributed by atoms with Gasteiger partial charge in [-0.1, -0.05) is 19.4 Å². The van der Waals surface area contributed by atoms with Gasteiger partial charge in [-0.25, -0.2) is 0 Å². The SMILES string of the molecule is [B]C1[CH-]C(O)C(COC)C1.[CH2-]NC(=O)CC.[CH3-].[V+2].[W]. The second-order valence-electron chi connectivity index (χ2n) is 3.75. The molecule has 0 aromatic carbocycles. The minimum atomic E-state index is -0.366. The summed E-state index contributed by atoms with van der Waals surface area (Å²) in [6, 6.07) is 0. The van der Waals surface area contributed by atoms with Gasteiger partial charge in [0, 0.05) is 49.0 Å². The zero-order valence-corrected chi connectivity index (χ0v) is 16.2. The van der Waals surface area contributed by atoms with E-state index in [0.717, 1.165) is 6.42 Å². The van der Waals surface area contributed by atoms with Crippen LogP contribution < -0.4 is 5.32 Å². The number of aliphatic hydroxyl groups excluding tert-OH is 1. The zero-order chi connectivity index (χ0) is 12.6. The van der Waals surface area contributed by atoms with Crippen molar-refractivity contribution in [3.05, 3.63) is 20.9 Å². The molecule has 0 spiro atoms. The van der Waals surface area contributed by atoms with Crippen molar-refractivity contribution >= 4 is 13.8 Å². The molecule has 3 unspecified atom stereocenters. The molecule has 1 rings (SSSR count). The van der Waals surface area contributed by atoms with Crippen LogP contribution in [0.15, 0.2) is 0 Å². The van der Waals surface area contributed by atoms with E-state index in [1.54, 1.807) is 20.5 Å². The van der Waals surface area contributed by atoms with Gasteiger partial charge in [-0.05, 0) is 5.92 Å². The third kappa shape index (κ3) is 13.5. The molecule has 1 fully saturated rings. The first-order chi connectivity index (χ1) is 7.54. The van der Waals surface area contributed by atoms with Crippen LogP contribution >= 0.6 is 0 Å². The maximum absolute atomic E-state index is 10.0. The molecule has 0 heterocycles. The van der Waals surface area contributed by atoms with Crippen LogP contribution in [0.2, 0.25) is 5.82 Å². The van der Waals surface area contributed by atoms with Gasteiger partial charge < -0.3 is 29.0 Å². The fourth-order valence-electron chi connectivity index (χ4n) is 1.48. The van der Waals surface area contributed by atoms with E-state index in [0.29, 0.717) is 13.0 Å². The van der Waals surface area contributed by atoms with Crippen molar-refractivity contribution in [3.8, 4) is 0 Å². The topological polar surface area (TPSA) is 58.6 Å². The van der Waals surface area contributed by atoms with Crippen LogP contribution in [0.4, 0.5) is 0 Å². The predicted octanol–water partition coefficient (Wildman–Crippen LogP) is 0.924. The molecule has 0 aromatic rings. The average Bonchev–Trinajstić information content (AvgIpc) is 2.58. The van der Waals surface area contributed by atoms with Gasteiger partial charge in [-0.2, -0.15) is 5.82 Å². The van der Waals surface area contributed by atoms with Gasteiger partial charge in [0.05, 0.1) is 0 Å². The number of carbonyl (C=O) groups is 1. The molecule has 1 amide bonds. The number of ether oxygens (including phenoxy) is 1. The van der Waals surface area contributed by atoms with Gasteiger partial charge in [0.25, 0.3) is 0 Å². The molecule has 1 aliphatic rings. The molecule has 1 saturated carbocycles. The monoisotopic (exact) mass is 475 g/mol. The number of methoxy groups -OCH3 is 1. The standard InChI is InChI=1S/C7H12BO2.C4H8NO.CH3.V.W/c1-10-4-5-2-6(8)3-7(5)9;1-3-4(6)5-2;;;/h3,5-7,9H,2,4H2,1H3;2-3H2,1H3,(H,5,6);1H3;;/q3*-1;+2;. The summed E-state index contributed by atoms with van der Waals surface area (Å²) in [4.78, 5) is 10.0. The van der Waals surface area contributed by atoms with Crippen molar-refractivity contribution in [1.82, 2.24) is 5.32 Å². The van der Waals surface area contributed by atoms with Crippen molar-refractivity contribution in [2.24, 2.45) is 5.92 Å². The van der Waals surface area contributed by atoms with Crippen LogP contribution in [0.5, 0.6) is 0 Å². The van der Waals surface area contributed by atoms with Gasteiger partial charge in [0.1, 0.15) is 0 Å². The number of carbonyl (C=O) groups excluding carboxylic acids is 1. The molecule has 0 aliphatic heterocycles. The number of hydrogen-bond donors (Lipinski definition) is 2. The summed E-state index contributed by atoms with van der Waals surface area (Å²) in [5, 5.41) is 11.5. The van der Waals surface area contributed by atoms with Crippen LogP contribution in [0, 0.1) is 26.8 Å². The smallest absolute Gasteiger partial charge is 0.508 e. The third-order valence-corrected chi connectivity index (χ3v) is 2.40. The summed E-state index contributed by atoms with van der Waals surface area (Å²) in [6.45, 7) is 2.38. The van der Waals surface area contributed by atoms with E-state index in [2.05, 4.69) is 12.4 Å². The van der Waals surface area contributed by atoms with Crippen LogP contribution in [0.1, 0.15) is 19.8 Å². The van der Waals surface area contributed by atoms with E-state index in [4.69, 9.17) is 12.6 Å². The van der Waals surface area contributed by atoms with Gasteiger partial charge in [0.2, 0.25) is 0 Å². The Bertz CT molecular complexity index is 207. The number of amides is 1. The Balaban J connectivity index is -0.000000112. The summed E-state index contributed by atoms with van der Waals surface area (Å²) in [6.07, 6.45) is 2.76. The number of aliphatic hydroxyl groups is 1. The largest absolute Gasteiger partial charge is 2.00 e. The Morgan fingerprint density at radius 1 is 1.63 bits per heavy atom.